The van der Waals surface area contributed by atoms with Crippen molar-refractivity contribution in [2.24, 2.45) is 0 Å². The van der Waals surface area contributed by atoms with Crippen LogP contribution in [0.2, 0.25) is 0 Å². The Hall–Kier alpha value is -2.95. The van der Waals surface area contributed by atoms with Gasteiger partial charge in [0.05, 0.1) is 0 Å². The Morgan fingerprint density at radius 2 is 1.88 bits per heavy atom. The molecule has 1 aliphatic rings. The molecule has 2 aromatic carbocycles. The monoisotopic (exact) mass is 347 g/mol. The fourth-order valence-corrected chi connectivity index (χ4v) is 3.28. The van der Waals surface area contributed by atoms with Crippen molar-refractivity contribution in [3.8, 4) is 11.5 Å². The van der Waals surface area contributed by atoms with Gasteiger partial charge in [-0.15, -0.1) is 0 Å². The number of nitrogens with zero attached hydrogens (tertiary/aromatic N) is 3. The second-order valence-electron chi connectivity index (χ2n) is 6.80. The molecular formula is C21H21N3O2. The van der Waals surface area contributed by atoms with Crippen molar-refractivity contribution in [3.63, 3.8) is 0 Å². The van der Waals surface area contributed by atoms with E-state index >= 15 is 0 Å². The molecule has 1 saturated heterocycles. The third-order valence-corrected chi connectivity index (χ3v) is 4.83. The molecule has 0 spiro atoms. The van der Waals surface area contributed by atoms with Crippen molar-refractivity contribution in [3.05, 3.63) is 71.5 Å². The van der Waals surface area contributed by atoms with Gasteiger partial charge in [-0.05, 0) is 31.0 Å². The molecule has 132 valence electrons. The highest BCUT2D eigenvalue weighted by molar-refractivity contribution is 5.79. The van der Waals surface area contributed by atoms with Crippen molar-refractivity contribution < 1.29 is 9.32 Å². The van der Waals surface area contributed by atoms with Gasteiger partial charge in [0, 0.05) is 31.0 Å². The van der Waals surface area contributed by atoms with Crippen LogP contribution in [0.3, 0.4) is 0 Å². The molecule has 1 amide bonds. The molecule has 0 radical (unpaired) electrons. The van der Waals surface area contributed by atoms with Crippen molar-refractivity contribution >= 4 is 5.91 Å². The molecule has 4 rings (SSSR count). The molecule has 3 aromatic rings. The van der Waals surface area contributed by atoms with E-state index in [2.05, 4.69) is 22.3 Å². The fourth-order valence-electron chi connectivity index (χ4n) is 3.28. The lowest BCUT2D eigenvalue weighted by atomic mass is 10.1. The minimum absolute atomic E-state index is 0.00113. The van der Waals surface area contributed by atoms with E-state index in [1.165, 1.54) is 11.1 Å². The van der Waals surface area contributed by atoms with Crippen LogP contribution >= 0.6 is 0 Å². The Morgan fingerprint density at radius 3 is 2.65 bits per heavy atom. The summed E-state index contributed by atoms with van der Waals surface area (Å²) < 4.78 is 5.41. The van der Waals surface area contributed by atoms with Gasteiger partial charge in [-0.2, -0.15) is 4.98 Å². The van der Waals surface area contributed by atoms with Crippen LogP contribution in [0.5, 0.6) is 0 Å². The van der Waals surface area contributed by atoms with Crippen LogP contribution in [0.25, 0.3) is 11.5 Å². The van der Waals surface area contributed by atoms with Crippen molar-refractivity contribution in [2.45, 2.75) is 25.7 Å². The number of carbonyl (C=O) groups excluding carboxylic acids is 1. The highest BCUT2D eigenvalue weighted by Gasteiger charge is 2.33. The van der Waals surface area contributed by atoms with Gasteiger partial charge in [0.25, 0.3) is 5.89 Å². The predicted octanol–water partition coefficient (Wildman–Crippen LogP) is 3.60. The predicted molar refractivity (Wildman–Crippen MR) is 98.6 cm³/mol. The summed E-state index contributed by atoms with van der Waals surface area (Å²) in [7, 11) is 0. The average molecular weight is 347 g/mol. The maximum absolute atomic E-state index is 12.3. The zero-order valence-electron chi connectivity index (χ0n) is 14.8. The van der Waals surface area contributed by atoms with Gasteiger partial charge in [-0.3, -0.25) is 4.79 Å². The van der Waals surface area contributed by atoms with E-state index in [1.807, 2.05) is 54.3 Å². The van der Waals surface area contributed by atoms with E-state index in [0.717, 1.165) is 18.5 Å². The van der Waals surface area contributed by atoms with Gasteiger partial charge in [0.15, 0.2) is 5.82 Å². The summed E-state index contributed by atoms with van der Waals surface area (Å²) in [6, 6.07) is 18.2. The van der Waals surface area contributed by atoms with E-state index < -0.39 is 0 Å². The number of rotatable bonds is 5. The van der Waals surface area contributed by atoms with Gasteiger partial charge >= 0.3 is 0 Å². The Bertz CT molecular complexity index is 887. The number of aromatic nitrogens is 2. The van der Waals surface area contributed by atoms with Gasteiger partial charge in [-0.1, -0.05) is 53.2 Å². The molecule has 0 unspecified atom stereocenters. The maximum atomic E-state index is 12.3. The van der Waals surface area contributed by atoms with Crippen LogP contribution in [0.4, 0.5) is 0 Å². The normalized spacial score (nSPS) is 17.0. The second-order valence-corrected chi connectivity index (χ2v) is 6.80. The molecular weight excluding hydrogens is 326 g/mol. The lowest BCUT2D eigenvalue weighted by molar-refractivity contribution is -0.127. The Morgan fingerprint density at radius 1 is 1.12 bits per heavy atom. The molecule has 0 N–H and O–H groups in total. The third-order valence-electron chi connectivity index (χ3n) is 4.83. The van der Waals surface area contributed by atoms with Crippen LogP contribution in [-0.4, -0.2) is 34.0 Å². The molecule has 2 heterocycles. The topological polar surface area (TPSA) is 59.2 Å². The van der Waals surface area contributed by atoms with Crippen LogP contribution in [-0.2, 0) is 11.2 Å². The highest BCUT2D eigenvalue weighted by atomic mass is 16.5. The van der Waals surface area contributed by atoms with Crippen molar-refractivity contribution in [2.75, 3.05) is 13.1 Å². The molecule has 1 atom stereocenters. The van der Waals surface area contributed by atoms with E-state index in [9.17, 15) is 4.79 Å². The number of hydrogen-bond donors (Lipinski definition) is 0. The fraction of sp³-hybridized carbons (Fsp3) is 0.286. The lowest BCUT2D eigenvalue weighted by Gasteiger charge is -2.15. The Kier molecular flexibility index (Phi) is 4.52. The molecule has 1 fully saturated rings. The number of amides is 1. The van der Waals surface area contributed by atoms with Crippen molar-refractivity contribution in [1.29, 1.82) is 0 Å². The molecule has 1 aliphatic heterocycles. The molecule has 0 saturated carbocycles. The molecule has 0 bridgehead atoms. The van der Waals surface area contributed by atoms with Gasteiger partial charge < -0.3 is 9.42 Å². The van der Waals surface area contributed by atoms with Gasteiger partial charge in [0.1, 0.15) is 0 Å². The van der Waals surface area contributed by atoms with Gasteiger partial charge in [0.2, 0.25) is 5.91 Å². The first-order chi connectivity index (χ1) is 12.7. The molecule has 26 heavy (non-hydrogen) atoms. The maximum Gasteiger partial charge on any atom is 0.257 e. The first-order valence-electron chi connectivity index (χ1n) is 8.91. The molecule has 0 aliphatic carbocycles. The van der Waals surface area contributed by atoms with Gasteiger partial charge in [-0.25, -0.2) is 0 Å². The van der Waals surface area contributed by atoms with Crippen LogP contribution in [0, 0.1) is 6.92 Å². The average Bonchev–Trinajstić information content (AvgIpc) is 3.28. The standard InChI is InChI=1S/C21H21N3O2/c1-15-7-9-17(10-8-15)21-22-20(23-26-21)18-13-19(25)24(14-18)12-11-16-5-3-2-4-6-16/h2-10,18H,11-14H2,1H3/t18-/m1/s1. The number of benzene rings is 2. The Labute approximate surface area is 152 Å². The summed E-state index contributed by atoms with van der Waals surface area (Å²) in [6.07, 6.45) is 1.31. The summed E-state index contributed by atoms with van der Waals surface area (Å²) in [6.45, 7) is 3.41. The summed E-state index contributed by atoms with van der Waals surface area (Å²) >= 11 is 0. The molecule has 1 aromatic heterocycles. The van der Waals surface area contributed by atoms with E-state index in [4.69, 9.17) is 4.52 Å². The zero-order chi connectivity index (χ0) is 17.9. The smallest absolute Gasteiger partial charge is 0.257 e. The van der Waals surface area contributed by atoms with E-state index in [0.29, 0.717) is 24.7 Å². The van der Waals surface area contributed by atoms with Crippen molar-refractivity contribution in [1.82, 2.24) is 15.0 Å². The number of carbonyl (C=O) groups is 1. The number of hydrogen-bond acceptors (Lipinski definition) is 4. The second kappa shape index (κ2) is 7.12. The zero-order valence-corrected chi connectivity index (χ0v) is 14.8. The molecule has 5 heteroatoms. The SMILES string of the molecule is Cc1ccc(-c2nc([C@@H]3CC(=O)N(CCc4ccccc4)C3)no2)cc1. The first-order valence-corrected chi connectivity index (χ1v) is 8.91. The van der Waals surface area contributed by atoms with Crippen LogP contribution in [0.1, 0.15) is 29.3 Å². The number of aryl methyl sites for hydroxylation is 1. The largest absolute Gasteiger partial charge is 0.342 e. The first kappa shape index (κ1) is 16.5. The summed E-state index contributed by atoms with van der Waals surface area (Å²) in [4.78, 5) is 18.8. The Balaban J connectivity index is 1.41. The summed E-state index contributed by atoms with van der Waals surface area (Å²) in [5.74, 6) is 1.29. The third kappa shape index (κ3) is 3.52. The quantitative estimate of drug-likeness (QED) is 0.707. The summed E-state index contributed by atoms with van der Waals surface area (Å²) in [5, 5.41) is 4.12. The van der Waals surface area contributed by atoms with Crippen LogP contribution < -0.4 is 0 Å². The highest BCUT2D eigenvalue weighted by Crippen LogP contribution is 2.28. The minimum Gasteiger partial charge on any atom is -0.342 e. The summed E-state index contributed by atoms with van der Waals surface area (Å²) in [5.41, 5.74) is 3.33. The van der Waals surface area contributed by atoms with E-state index in [1.54, 1.807) is 0 Å². The lowest BCUT2D eigenvalue weighted by Crippen LogP contribution is -2.27. The van der Waals surface area contributed by atoms with Crippen LogP contribution in [0.15, 0.2) is 59.1 Å². The van der Waals surface area contributed by atoms with E-state index in [-0.39, 0.29) is 11.8 Å². The minimum atomic E-state index is 0.00113. The molecule has 5 nitrogen and oxygen atoms in total. The number of likely N-dealkylation sites (tertiary alicyclic amines) is 1.